The van der Waals surface area contributed by atoms with Crippen LogP contribution in [-0.2, 0) is 15.4 Å². The molecule has 0 unspecified atom stereocenters. The van der Waals surface area contributed by atoms with Crippen molar-refractivity contribution in [2.75, 3.05) is 12.3 Å². The second kappa shape index (κ2) is 3.58. The quantitative estimate of drug-likeness (QED) is 0.357. The van der Waals surface area contributed by atoms with Gasteiger partial charge in [0.25, 0.3) is 11.3 Å². The maximum atomic E-state index is 11.7. The van der Waals surface area contributed by atoms with Crippen molar-refractivity contribution in [2.24, 2.45) is 0 Å². The Morgan fingerprint density at radius 2 is 2.33 bits per heavy atom. The number of H-pyrrole nitrogens is 1. The first-order valence-electron chi connectivity index (χ1n) is 6.05. The number of imidazole rings is 1. The number of rotatable bonds is 2. The largest absolute Gasteiger partial charge is 0.394 e. The fourth-order valence-electron chi connectivity index (χ4n) is 2.62. The summed E-state index contributed by atoms with van der Waals surface area (Å²) >= 11 is 0. The number of anilines is 1. The lowest BCUT2D eigenvalue weighted by Gasteiger charge is -2.16. The summed E-state index contributed by atoms with van der Waals surface area (Å²) in [7, 11) is 0. The van der Waals surface area contributed by atoms with Crippen molar-refractivity contribution in [3.63, 3.8) is 0 Å². The Hall–Kier alpha value is -2.05. The molecule has 11 nitrogen and oxygen atoms in total. The van der Waals surface area contributed by atoms with Crippen LogP contribution in [0.3, 0.4) is 0 Å². The molecule has 0 aliphatic carbocycles. The maximum Gasteiger partial charge on any atom is 0.321 e. The molecular formula is C10H11N5O6. The number of epoxide rings is 1. The molecule has 4 heterocycles. The molecule has 0 amide bonds. The average Bonchev–Trinajstić information content (AvgIpc) is 2.76. The molecule has 11 heteroatoms. The van der Waals surface area contributed by atoms with E-state index in [0.29, 0.717) is 0 Å². The Morgan fingerprint density at radius 3 is 3.00 bits per heavy atom. The third-order valence-corrected chi connectivity index (χ3v) is 3.69. The highest BCUT2D eigenvalue weighted by Crippen LogP contribution is 2.60. The Kier molecular flexibility index (Phi) is 2.16. The number of nitrogen functional groups attached to an aromatic ring is 1. The molecule has 2 aromatic heterocycles. The van der Waals surface area contributed by atoms with E-state index in [1.165, 1.54) is 6.33 Å². The van der Waals surface area contributed by atoms with Crippen LogP contribution in [-0.4, -0.2) is 59.4 Å². The average molecular weight is 297 g/mol. The van der Waals surface area contributed by atoms with E-state index in [2.05, 4.69) is 15.0 Å². The van der Waals surface area contributed by atoms with Crippen LogP contribution in [0.1, 0.15) is 0 Å². The highest BCUT2D eigenvalue weighted by molar-refractivity contribution is 5.71. The highest BCUT2D eigenvalue weighted by Gasteiger charge is 2.84. The Bertz CT molecular complexity index is 803. The number of hydrogen-bond acceptors (Lipinski definition) is 9. The minimum Gasteiger partial charge on any atom is -0.394 e. The van der Waals surface area contributed by atoms with Crippen molar-refractivity contribution in [1.82, 2.24) is 19.5 Å². The zero-order chi connectivity index (χ0) is 15.0. The SMILES string of the molecule is Nc1nc2c(ncn2[C@]23O[C@H](CO)[C@@H](O)[C@]2(O)O3)c(=O)[nH]1. The first kappa shape index (κ1) is 12.7. The van der Waals surface area contributed by atoms with Crippen molar-refractivity contribution < 1.29 is 24.8 Å². The molecule has 0 radical (unpaired) electrons. The van der Waals surface area contributed by atoms with Gasteiger partial charge in [0.15, 0.2) is 11.2 Å². The Labute approximate surface area is 115 Å². The monoisotopic (exact) mass is 297 g/mol. The van der Waals surface area contributed by atoms with E-state index in [1.54, 1.807) is 0 Å². The van der Waals surface area contributed by atoms with E-state index in [1.807, 2.05) is 0 Å². The number of aromatic nitrogens is 4. The lowest BCUT2D eigenvalue weighted by Crippen LogP contribution is -2.37. The van der Waals surface area contributed by atoms with Crippen LogP contribution >= 0.6 is 0 Å². The minimum absolute atomic E-state index is 0.0259. The van der Waals surface area contributed by atoms with Crippen LogP contribution in [0.25, 0.3) is 11.2 Å². The zero-order valence-corrected chi connectivity index (χ0v) is 10.4. The van der Waals surface area contributed by atoms with Crippen molar-refractivity contribution in [3.05, 3.63) is 16.7 Å². The minimum atomic E-state index is -2.05. The van der Waals surface area contributed by atoms with Gasteiger partial charge >= 0.3 is 5.91 Å². The van der Waals surface area contributed by atoms with E-state index < -0.39 is 36.1 Å². The normalized spacial score (nSPS) is 37.9. The summed E-state index contributed by atoms with van der Waals surface area (Å²) in [6.45, 7) is -0.517. The molecule has 0 spiro atoms. The van der Waals surface area contributed by atoms with E-state index in [9.17, 15) is 15.0 Å². The maximum absolute atomic E-state index is 11.7. The molecule has 4 atom stereocenters. The molecule has 4 rings (SSSR count). The van der Waals surface area contributed by atoms with Crippen molar-refractivity contribution in [3.8, 4) is 0 Å². The summed E-state index contributed by atoms with van der Waals surface area (Å²) in [6, 6.07) is 0. The van der Waals surface area contributed by atoms with Crippen molar-refractivity contribution in [2.45, 2.75) is 23.9 Å². The second-order valence-corrected chi connectivity index (χ2v) is 4.90. The summed E-state index contributed by atoms with van der Waals surface area (Å²) in [5.41, 5.74) is 4.92. The van der Waals surface area contributed by atoms with Gasteiger partial charge in [-0.3, -0.25) is 19.1 Å². The number of aliphatic hydroxyl groups excluding tert-OH is 2. The first-order valence-corrected chi connectivity index (χ1v) is 6.05. The van der Waals surface area contributed by atoms with Gasteiger partial charge in [-0.25, -0.2) is 4.98 Å². The first-order chi connectivity index (χ1) is 9.93. The van der Waals surface area contributed by atoms with Gasteiger partial charge in [0.2, 0.25) is 5.95 Å². The van der Waals surface area contributed by atoms with Gasteiger partial charge in [-0.05, 0) is 0 Å². The highest BCUT2D eigenvalue weighted by atomic mass is 16.9. The van der Waals surface area contributed by atoms with E-state index in [-0.39, 0.29) is 17.1 Å². The molecule has 112 valence electrons. The van der Waals surface area contributed by atoms with Crippen molar-refractivity contribution in [1.29, 1.82) is 0 Å². The molecule has 2 saturated heterocycles. The summed E-state index contributed by atoms with van der Waals surface area (Å²) in [5, 5.41) is 29.3. The third kappa shape index (κ3) is 1.31. The number of aliphatic hydroxyl groups is 3. The van der Waals surface area contributed by atoms with E-state index in [4.69, 9.17) is 20.3 Å². The van der Waals surface area contributed by atoms with Crippen LogP contribution in [0.4, 0.5) is 5.95 Å². The molecule has 6 N–H and O–H groups in total. The van der Waals surface area contributed by atoms with Crippen LogP contribution in [0.2, 0.25) is 0 Å². The van der Waals surface area contributed by atoms with Gasteiger partial charge in [-0.2, -0.15) is 4.98 Å². The number of fused-ring (bicyclic) bond motifs is 2. The standard InChI is InChI=1S/C10H11N5O6/c11-8-13-6-4(7(18)14-8)12-2-15(6)10-9(19,21-10)5(17)3(1-16)20-10/h2-3,5,16-17,19H,1H2,(H3,11,13,14,18)/t3-,5-,9+,10+/m1/s1. The number of hydrogen-bond donors (Lipinski definition) is 5. The van der Waals surface area contributed by atoms with Gasteiger partial charge in [-0.1, -0.05) is 0 Å². The lowest BCUT2D eigenvalue weighted by atomic mass is 10.1. The zero-order valence-electron chi connectivity index (χ0n) is 10.4. The predicted molar refractivity (Wildman–Crippen MR) is 64.5 cm³/mol. The number of ether oxygens (including phenoxy) is 2. The molecule has 0 bridgehead atoms. The summed E-state index contributed by atoms with van der Waals surface area (Å²) in [5.74, 6) is -3.98. The molecule has 0 aromatic carbocycles. The third-order valence-electron chi connectivity index (χ3n) is 3.69. The number of aromatic amines is 1. The molecule has 0 saturated carbocycles. The molecule has 2 fully saturated rings. The van der Waals surface area contributed by atoms with Crippen LogP contribution in [0.15, 0.2) is 11.1 Å². The molecular weight excluding hydrogens is 286 g/mol. The fraction of sp³-hybridized carbons (Fsp3) is 0.500. The number of nitrogens with one attached hydrogen (secondary N) is 1. The predicted octanol–water partition coefficient (Wildman–Crippen LogP) is -3.22. The Balaban J connectivity index is 1.91. The smallest absolute Gasteiger partial charge is 0.321 e. The molecule has 2 aromatic rings. The lowest BCUT2D eigenvalue weighted by molar-refractivity contribution is -0.177. The van der Waals surface area contributed by atoms with Crippen LogP contribution < -0.4 is 11.3 Å². The van der Waals surface area contributed by atoms with Crippen LogP contribution in [0.5, 0.6) is 0 Å². The van der Waals surface area contributed by atoms with Crippen LogP contribution in [0, 0.1) is 0 Å². The fourth-order valence-corrected chi connectivity index (χ4v) is 2.62. The Morgan fingerprint density at radius 1 is 1.57 bits per heavy atom. The summed E-state index contributed by atoms with van der Waals surface area (Å²) in [6.07, 6.45) is -1.32. The number of nitrogens with zero attached hydrogens (tertiary/aromatic N) is 3. The summed E-state index contributed by atoms with van der Waals surface area (Å²) in [4.78, 5) is 21.8. The van der Waals surface area contributed by atoms with Gasteiger partial charge in [-0.15, -0.1) is 0 Å². The van der Waals surface area contributed by atoms with Gasteiger partial charge < -0.3 is 25.8 Å². The van der Waals surface area contributed by atoms with Gasteiger partial charge in [0.05, 0.1) is 6.61 Å². The molecule has 2 aliphatic heterocycles. The topological polar surface area (TPSA) is 172 Å². The summed E-state index contributed by atoms with van der Waals surface area (Å²) < 4.78 is 11.6. The van der Waals surface area contributed by atoms with E-state index in [0.717, 1.165) is 4.57 Å². The van der Waals surface area contributed by atoms with E-state index >= 15 is 0 Å². The number of nitrogens with two attached hydrogens (primary N) is 1. The van der Waals surface area contributed by atoms with Gasteiger partial charge in [0, 0.05) is 0 Å². The molecule has 2 aliphatic rings. The molecule has 21 heavy (non-hydrogen) atoms. The van der Waals surface area contributed by atoms with Crippen molar-refractivity contribution >= 4 is 17.1 Å². The van der Waals surface area contributed by atoms with Gasteiger partial charge in [0.1, 0.15) is 18.5 Å². The second-order valence-electron chi connectivity index (χ2n) is 4.90.